The van der Waals surface area contributed by atoms with E-state index in [9.17, 15) is 14.4 Å². The highest BCUT2D eigenvalue weighted by molar-refractivity contribution is 5.71. The van der Waals surface area contributed by atoms with E-state index in [-0.39, 0.29) is 31.1 Å². The molecule has 0 N–H and O–H groups in total. The highest BCUT2D eigenvalue weighted by Gasteiger charge is 2.19. The lowest BCUT2D eigenvalue weighted by Crippen LogP contribution is -2.30. The molecule has 0 bridgehead atoms. The minimum Gasteiger partial charge on any atom is -0.462 e. The number of ether oxygens (including phenoxy) is 3. The molecule has 0 spiro atoms. The van der Waals surface area contributed by atoms with Gasteiger partial charge in [0.1, 0.15) is 13.2 Å². The molecule has 0 radical (unpaired) electrons. The van der Waals surface area contributed by atoms with Crippen LogP contribution >= 0.6 is 0 Å². The Balaban J connectivity index is 4.24. The molecule has 0 aromatic rings. The second-order valence-corrected chi connectivity index (χ2v) is 21.0. The van der Waals surface area contributed by atoms with Crippen LogP contribution in [0.3, 0.4) is 0 Å². The normalized spacial score (nSPS) is 12.1. The molecule has 0 amide bonds. The van der Waals surface area contributed by atoms with Crippen LogP contribution < -0.4 is 0 Å². The summed E-state index contributed by atoms with van der Waals surface area (Å²) in [5.41, 5.74) is 0. The van der Waals surface area contributed by atoms with Crippen molar-refractivity contribution in [2.24, 2.45) is 17.8 Å². The van der Waals surface area contributed by atoms with Gasteiger partial charge in [-0.2, -0.15) is 0 Å². The molecule has 0 aromatic heterocycles. The summed E-state index contributed by atoms with van der Waals surface area (Å²) in [5.74, 6) is 1.62. The molecule has 6 heteroatoms. The van der Waals surface area contributed by atoms with Gasteiger partial charge in [-0.05, 0) is 37.0 Å². The van der Waals surface area contributed by atoms with Crippen molar-refractivity contribution < 1.29 is 28.6 Å². The molecule has 0 unspecified atom stereocenters. The zero-order chi connectivity index (χ0) is 46.3. The topological polar surface area (TPSA) is 78.9 Å². The summed E-state index contributed by atoms with van der Waals surface area (Å²) in [5, 5.41) is 0. The van der Waals surface area contributed by atoms with Crippen LogP contribution in [0.1, 0.15) is 311 Å². The van der Waals surface area contributed by atoms with Gasteiger partial charge in [-0.15, -0.1) is 0 Å². The first kappa shape index (κ1) is 61.4. The molecule has 0 heterocycles. The van der Waals surface area contributed by atoms with E-state index in [1.165, 1.54) is 193 Å². The first-order valence-electron chi connectivity index (χ1n) is 28.1. The average molecular weight is 892 g/mol. The number of carbonyl (C=O) groups is 3. The van der Waals surface area contributed by atoms with E-state index in [0.29, 0.717) is 19.3 Å². The minimum atomic E-state index is -0.763. The fourth-order valence-electron chi connectivity index (χ4n) is 8.65. The minimum absolute atomic E-state index is 0.0645. The molecule has 0 fully saturated rings. The van der Waals surface area contributed by atoms with Crippen molar-refractivity contribution in [3.05, 3.63) is 0 Å². The van der Waals surface area contributed by atoms with Crippen LogP contribution in [0.2, 0.25) is 0 Å². The van der Waals surface area contributed by atoms with Gasteiger partial charge in [-0.1, -0.05) is 273 Å². The quantitative estimate of drug-likeness (QED) is 0.0344. The Labute approximate surface area is 393 Å². The van der Waals surface area contributed by atoms with Crippen molar-refractivity contribution in [3.8, 4) is 0 Å². The van der Waals surface area contributed by atoms with Crippen LogP contribution in [0.4, 0.5) is 0 Å². The summed E-state index contributed by atoms with van der Waals surface area (Å²) in [6.07, 6.45) is 49.6. The maximum atomic E-state index is 12.8. The van der Waals surface area contributed by atoms with Crippen LogP contribution in [0.15, 0.2) is 0 Å². The third-order valence-corrected chi connectivity index (χ3v) is 12.9. The van der Waals surface area contributed by atoms with Crippen molar-refractivity contribution in [3.63, 3.8) is 0 Å². The molecule has 0 aromatic carbocycles. The lowest BCUT2D eigenvalue weighted by Gasteiger charge is -2.18. The molecule has 0 saturated heterocycles. The Kier molecular flexibility index (Phi) is 47.1. The van der Waals surface area contributed by atoms with Crippen molar-refractivity contribution in [2.45, 2.75) is 317 Å². The maximum absolute atomic E-state index is 12.8. The van der Waals surface area contributed by atoms with E-state index in [1.54, 1.807) is 0 Å². The van der Waals surface area contributed by atoms with Gasteiger partial charge in [0.2, 0.25) is 0 Å². The summed E-state index contributed by atoms with van der Waals surface area (Å²) in [4.78, 5) is 38.0. The standard InChI is InChI=1S/C57H110O6/c1-51(2)43-37-31-25-19-15-13-11-9-7-8-10-12-14-16-22-30-36-42-48-57(60)63-54(50-62-56(59)47-41-35-29-24-23-27-33-39-45-53(5)6)49-61-55(58)46-40-34-28-21-18-17-20-26-32-38-44-52(3)4/h51-54H,7-50H2,1-6H3/t54-/m1/s1. The molecule has 0 aliphatic heterocycles. The van der Waals surface area contributed by atoms with Gasteiger partial charge in [-0.25, -0.2) is 0 Å². The smallest absolute Gasteiger partial charge is 0.306 e. The van der Waals surface area contributed by atoms with E-state index in [2.05, 4.69) is 41.5 Å². The first-order chi connectivity index (χ1) is 30.6. The predicted octanol–water partition coefficient (Wildman–Crippen LogP) is 18.3. The molecular weight excluding hydrogens is 781 g/mol. The summed E-state index contributed by atoms with van der Waals surface area (Å²) in [6.45, 7) is 13.7. The van der Waals surface area contributed by atoms with E-state index in [1.807, 2.05) is 0 Å². The van der Waals surface area contributed by atoms with Gasteiger partial charge in [-0.3, -0.25) is 14.4 Å². The number of hydrogen-bond donors (Lipinski definition) is 0. The van der Waals surface area contributed by atoms with Gasteiger partial charge < -0.3 is 14.2 Å². The van der Waals surface area contributed by atoms with Gasteiger partial charge in [0.25, 0.3) is 0 Å². The molecule has 374 valence electrons. The van der Waals surface area contributed by atoms with Gasteiger partial charge >= 0.3 is 17.9 Å². The zero-order valence-electron chi connectivity index (χ0n) is 43.4. The number of unbranched alkanes of at least 4 members (excludes halogenated alkanes) is 33. The van der Waals surface area contributed by atoms with Crippen LogP contribution in [0, 0.1) is 17.8 Å². The fraction of sp³-hybridized carbons (Fsp3) is 0.947. The Morgan fingerprint density at radius 1 is 0.270 bits per heavy atom. The first-order valence-corrected chi connectivity index (χ1v) is 28.1. The number of carbonyl (C=O) groups excluding carboxylic acids is 3. The molecule has 0 saturated carbocycles. The van der Waals surface area contributed by atoms with Crippen molar-refractivity contribution in [1.29, 1.82) is 0 Å². The Hall–Kier alpha value is -1.59. The van der Waals surface area contributed by atoms with Gasteiger partial charge in [0, 0.05) is 19.3 Å². The van der Waals surface area contributed by atoms with E-state index in [4.69, 9.17) is 14.2 Å². The van der Waals surface area contributed by atoms with Crippen molar-refractivity contribution >= 4 is 17.9 Å². The molecule has 0 aliphatic carbocycles. The van der Waals surface area contributed by atoms with E-state index < -0.39 is 6.10 Å². The number of rotatable bonds is 50. The molecule has 1 atom stereocenters. The molecule has 0 rings (SSSR count). The Bertz CT molecular complexity index is 976. The van der Waals surface area contributed by atoms with Crippen molar-refractivity contribution in [1.82, 2.24) is 0 Å². The summed E-state index contributed by atoms with van der Waals surface area (Å²) in [6, 6.07) is 0. The van der Waals surface area contributed by atoms with Gasteiger partial charge in [0.15, 0.2) is 6.10 Å². The van der Waals surface area contributed by atoms with E-state index in [0.717, 1.165) is 75.5 Å². The summed E-state index contributed by atoms with van der Waals surface area (Å²) >= 11 is 0. The Morgan fingerprint density at radius 2 is 0.460 bits per heavy atom. The van der Waals surface area contributed by atoms with E-state index >= 15 is 0 Å². The Morgan fingerprint density at radius 3 is 0.683 bits per heavy atom. The number of esters is 3. The molecule has 6 nitrogen and oxygen atoms in total. The maximum Gasteiger partial charge on any atom is 0.306 e. The van der Waals surface area contributed by atoms with Crippen molar-refractivity contribution in [2.75, 3.05) is 13.2 Å². The SMILES string of the molecule is CC(C)CCCCCCCCCCCCCCCCCCCCC(=O)O[C@H](COC(=O)CCCCCCCCCCCCC(C)C)COC(=O)CCCCCCCCCCC(C)C. The predicted molar refractivity (Wildman–Crippen MR) is 270 cm³/mol. The van der Waals surface area contributed by atoms with Crippen LogP contribution in [0.5, 0.6) is 0 Å². The van der Waals surface area contributed by atoms with Crippen LogP contribution in [-0.2, 0) is 28.6 Å². The monoisotopic (exact) mass is 891 g/mol. The molecule has 0 aliphatic rings. The second kappa shape index (κ2) is 48.3. The zero-order valence-corrected chi connectivity index (χ0v) is 43.4. The number of hydrogen-bond acceptors (Lipinski definition) is 6. The fourth-order valence-corrected chi connectivity index (χ4v) is 8.65. The van der Waals surface area contributed by atoms with Crippen LogP contribution in [-0.4, -0.2) is 37.2 Å². The molecule has 63 heavy (non-hydrogen) atoms. The highest BCUT2D eigenvalue weighted by Crippen LogP contribution is 2.18. The van der Waals surface area contributed by atoms with Gasteiger partial charge in [0.05, 0.1) is 0 Å². The summed E-state index contributed by atoms with van der Waals surface area (Å²) in [7, 11) is 0. The lowest BCUT2D eigenvalue weighted by molar-refractivity contribution is -0.167. The third-order valence-electron chi connectivity index (χ3n) is 12.9. The largest absolute Gasteiger partial charge is 0.462 e. The highest BCUT2D eigenvalue weighted by atomic mass is 16.6. The third kappa shape index (κ3) is 51.3. The molecular formula is C57H110O6. The average Bonchev–Trinajstić information content (AvgIpc) is 3.24. The summed E-state index contributed by atoms with van der Waals surface area (Å²) < 4.78 is 16.8. The van der Waals surface area contributed by atoms with Crippen LogP contribution in [0.25, 0.3) is 0 Å². The second-order valence-electron chi connectivity index (χ2n) is 21.0. The lowest BCUT2D eigenvalue weighted by atomic mass is 10.0.